The number of benzene rings is 2. The van der Waals surface area contributed by atoms with E-state index >= 15 is 0 Å². The van der Waals surface area contributed by atoms with Gasteiger partial charge in [-0.15, -0.1) is 0 Å². The molecule has 132 valence electrons. The summed E-state index contributed by atoms with van der Waals surface area (Å²) in [6.45, 7) is 5.68. The van der Waals surface area contributed by atoms with Gasteiger partial charge < -0.3 is 10.1 Å². The molecule has 2 aromatic carbocycles. The number of nitrogens with one attached hydrogen (secondary N) is 1. The van der Waals surface area contributed by atoms with Crippen LogP contribution in [0.4, 0.5) is 11.4 Å². The Morgan fingerprint density at radius 3 is 2.60 bits per heavy atom. The molecule has 0 atom stereocenters. The number of ether oxygens (including phenoxy) is 1. The smallest absolute Gasteiger partial charge is 0.293 e. The molecule has 0 saturated carbocycles. The van der Waals surface area contributed by atoms with E-state index in [4.69, 9.17) is 4.74 Å². The molecule has 0 spiro atoms. The van der Waals surface area contributed by atoms with Crippen molar-refractivity contribution in [1.82, 2.24) is 0 Å². The number of nitro groups is 1. The minimum atomic E-state index is -0.523. The Bertz CT molecular complexity index is 806. The van der Waals surface area contributed by atoms with Crippen molar-refractivity contribution in [3.8, 4) is 5.75 Å². The Labute approximate surface area is 154 Å². The minimum absolute atomic E-state index is 0.143. The van der Waals surface area contributed by atoms with E-state index in [1.807, 2.05) is 12.1 Å². The molecule has 6 nitrogen and oxygen atoms in total. The first-order chi connectivity index (χ1) is 11.8. The minimum Gasteiger partial charge on any atom is -0.483 e. The second kappa shape index (κ2) is 8.11. The molecular weight excluding hydrogens is 388 g/mol. The van der Waals surface area contributed by atoms with Gasteiger partial charge in [0.15, 0.2) is 6.61 Å². The van der Waals surface area contributed by atoms with Crippen LogP contribution < -0.4 is 10.1 Å². The molecule has 0 aliphatic heterocycles. The van der Waals surface area contributed by atoms with E-state index in [1.165, 1.54) is 12.1 Å². The van der Waals surface area contributed by atoms with Crippen molar-refractivity contribution in [1.29, 1.82) is 0 Å². The molecule has 0 radical (unpaired) electrons. The molecule has 1 N–H and O–H groups in total. The van der Waals surface area contributed by atoms with Gasteiger partial charge in [0, 0.05) is 6.07 Å². The first-order valence-electron chi connectivity index (χ1n) is 7.75. The zero-order valence-corrected chi connectivity index (χ0v) is 15.8. The maximum Gasteiger partial charge on any atom is 0.293 e. The van der Waals surface area contributed by atoms with Crippen LogP contribution in [0.25, 0.3) is 0 Å². The van der Waals surface area contributed by atoms with Gasteiger partial charge in [0.2, 0.25) is 0 Å². The Hall–Kier alpha value is -2.41. The summed E-state index contributed by atoms with van der Waals surface area (Å²) in [5.41, 5.74) is 1.91. The zero-order chi connectivity index (χ0) is 18.6. The Morgan fingerprint density at radius 1 is 1.28 bits per heavy atom. The average Bonchev–Trinajstić information content (AvgIpc) is 2.55. The lowest BCUT2D eigenvalue weighted by Gasteiger charge is -2.12. The van der Waals surface area contributed by atoms with Gasteiger partial charge in [-0.1, -0.05) is 26.0 Å². The van der Waals surface area contributed by atoms with Crippen molar-refractivity contribution >= 4 is 33.2 Å². The molecule has 0 bridgehead atoms. The number of nitro benzene ring substituents is 1. The standard InChI is InChI=1S/C18H19BrN2O4/c1-11(2)13-5-7-17(14(19)9-13)25-10-18(22)20-15-6-4-12(3)8-16(15)21(23)24/h4-9,11H,10H2,1-3H3,(H,20,22). The number of carbonyl (C=O) groups excluding carboxylic acids is 1. The predicted octanol–water partition coefficient (Wildman–Crippen LogP) is 4.81. The monoisotopic (exact) mass is 406 g/mol. The van der Waals surface area contributed by atoms with Gasteiger partial charge in [0.05, 0.1) is 9.40 Å². The van der Waals surface area contributed by atoms with Gasteiger partial charge in [-0.25, -0.2) is 0 Å². The van der Waals surface area contributed by atoms with E-state index in [0.29, 0.717) is 11.7 Å². The van der Waals surface area contributed by atoms with Crippen molar-refractivity contribution in [3.63, 3.8) is 0 Å². The molecule has 0 aromatic heterocycles. The van der Waals surface area contributed by atoms with Gasteiger partial charge in [-0.3, -0.25) is 14.9 Å². The van der Waals surface area contributed by atoms with Crippen LogP contribution in [0, 0.1) is 17.0 Å². The molecule has 0 unspecified atom stereocenters. The van der Waals surface area contributed by atoms with Crippen molar-refractivity contribution in [3.05, 3.63) is 62.1 Å². The van der Waals surface area contributed by atoms with Crippen LogP contribution in [0.3, 0.4) is 0 Å². The summed E-state index contributed by atoms with van der Waals surface area (Å²) in [5.74, 6) is 0.459. The molecule has 1 amide bonds. The summed E-state index contributed by atoms with van der Waals surface area (Å²) in [7, 11) is 0. The van der Waals surface area contributed by atoms with E-state index in [1.54, 1.807) is 19.1 Å². The number of amides is 1. The summed E-state index contributed by atoms with van der Waals surface area (Å²) in [6, 6.07) is 10.3. The lowest BCUT2D eigenvalue weighted by molar-refractivity contribution is -0.384. The average molecular weight is 407 g/mol. The van der Waals surface area contributed by atoms with Crippen LogP contribution in [0.1, 0.15) is 30.9 Å². The van der Waals surface area contributed by atoms with Gasteiger partial charge in [-0.2, -0.15) is 0 Å². The summed E-state index contributed by atoms with van der Waals surface area (Å²) in [4.78, 5) is 22.6. The number of hydrogen-bond acceptors (Lipinski definition) is 4. The van der Waals surface area contributed by atoms with Crippen molar-refractivity contribution in [2.75, 3.05) is 11.9 Å². The number of rotatable bonds is 6. The third-order valence-electron chi connectivity index (χ3n) is 3.61. The molecule has 7 heteroatoms. The highest BCUT2D eigenvalue weighted by atomic mass is 79.9. The highest BCUT2D eigenvalue weighted by molar-refractivity contribution is 9.10. The lowest BCUT2D eigenvalue weighted by Crippen LogP contribution is -2.21. The van der Waals surface area contributed by atoms with Crippen molar-refractivity contribution < 1.29 is 14.5 Å². The first-order valence-corrected chi connectivity index (χ1v) is 8.54. The number of aryl methyl sites for hydroxylation is 1. The summed E-state index contributed by atoms with van der Waals surface area (Å²) >= 11 is 3.43. The third kappa shape index (κ3) is 5.03. The number of hydrogen-bond donors (Lipinski definition) is 1. The van der Waals surface area contributed by atoms with Crippen LogP contribution in [0.2, 0.25) is 0 Å². The third-order valence-corrected chi connectivity index (χ3v) is 4.23. The van der Waals surface area contributed by atoms with E-state index in [9.17, 15) is 14.9 Å². The van der Waals surface area contributed by atoms with Gasteiger partial charge in [0.25, 0.3) is 11.6 Å². The Kier molecular flexibility index (Phi) is 6.14. The molecule has 2 rings (SSSR count). The van der Waals surface area contributed by atoms with Crippen LogP contribution in [-0.4, -0.2) is 17.4 Å². The summed E-state index contributed by atoms with van der Waals surface area (Å²) in [5, 5.41) is 13.6. The largest absolute Gasteiger partial charge is 0.483 e. The molecule has 0 fully saturated rings. The normalized spacial score (nSPS) is 10.6. The van der Waals surface area contributed by atoms with Crippen LogP contribution in [0.5, 0.6) is 5.75 Å². The van der Waals surface area contributed by atoms with Crippen molar-refractivity contribution in [2.45, 2.75) is 26.7 Å². The van der Waals surface area contributed by atoms with E-state index < -0.39 is 10.8 Å². The Morgan fingerprint density at radius 2 is 2.00 bits per heavy atom. The quantitative estimate of drug-likeness (QED) is 0.551. The molecule has 0 aliphatic carbocycles. The second-order valence-electron chi connectivity index (χ2n) is 5.96. The van der Waals surface area contributed by atoms with Gasteiger partial charge in [-0.05, 0) is 58.1 Å². The number of halogens is 1. The molecule has 25 heavy (non-hydrogen) atoms. The summed E-state index contributed by atoms with van der Waals surface area (Å²) < 4.78 is 6.26. The number of anilines is 1. The molecule has 2 aromatic rings. The number of nitrogens with zero attached hydrogens (tertiary/aromatic N) is 1. The van der Waals surface area contributed by atoms with E-state index in [0.717, 1.165) is 15.6 Å². The zero-order valence-electron chi connectivity index (χ0n) is 14.2. The van der Waals surface area contributed by atoms with Crippen LogP contribution in [0.15, 0.2) is 40.9 Å². The second-order valence-corrected chi connectivity index (χ2v) is 6.81. The fourth-order valence-corrected chi connectivity index (χ4v) is 2.73. The highest BCUT2D eigenvalue weighted by Gasteiger charge is 2.16. The van der Waals surface area contributed by atoms with Crippen LogP contribution >= 0.6 is 15.9 Å². The molecule has 0 saturated heterocycles. The first kappa shape index (κ1) is 18.9. The van der Waals surface area contributed by atoms with Crippen LogP contribution in [-0.2, 0) is 4.79 Å². The van der Waals surface area contributed by atoms with Gasteiger partial charge >= 0.3 is 0 Å². The molecule has 0 heterocycles. The highest BCUT2D eigenvalue weighted by Crippen LogP contribution is 2.29. The maximum atomic E-state index is 12.1. The number of carbonyl (C=O) groups is 1. The van der Waals surface area contributed by atoms with Gasteiger partial charge in [0.1, 0.15) is 11.4 Å². The predicted molar refractivity (Wildman–Crippen MR) is 100 cm³/mol. The SMILES string of the molecule is Cc1ccc(NC(=O)COc2ccc(C(C)C)cc2Br)c([N+](=O)[O-])c1. The Balaban J connectivity index is 2.03. The maximum absolute atomic E-state index is 12.1. The summed E-state index contributed by atoms with van der Waals surface area (Å²) in [6.07, 6.45) is 0. The van der Waals surface area contributed by atoms with Crippen molar-refractivity contribution in [2.24, 2.45) is 0 Å². The lowest BCUT2D eigenvalue weighted by atomic mass is 10.0. The van der Waals surface area contributed by atoms with E-state index in [-0.39, 0.29) is 18.0 Å². The topological polar surface area (TPSA) is 81.5 Å². The fourth-order valence-electron chi connectivity index (χ4n) is 2.22. The van der Waals surface area contributed by atoms with E-state index in [2.05, 4.69) is 35.1 Å². The fraction of sp³-hybridized carbons (Fsp3) is 0.278. The molecular formula is C18H19BrN2O4. The molecule has 0 aliphatic rings.